The standard InChI is InChI=1S/C17H19N2O.HI/c1-4-7-19-8-5-6-14(11-19)17-18-15-10-12(2)9-13(3)16(15)20-17;/h5-6,8-11H,4,7H2,1-3H3;1H/q+1;/p-1. The zero-order chi connectivity index (χ0) is 14.1. The molecule has 2 aromatic heterocycles. The second-order valence-corrected chi connectivity index (χ2v) is 5.28. The lowest BCUT2D eigenvalue weighted by atomic mass is 10.1. The van der Waals surface area contributed by atoms with Gasteiger partial charge in [-0.2, -0.15) is 0 Å². The molecule has 3 rings (SSSR count). The van der Waals surface area contributed by atoms with Crippen LogP contribution >= 0.6 is 0 Å². The number of benzene rings is 1. The largest absolute Gasteiger partial charge is 1.00 e. The first-order valence-electron chi connectivity index (χ1n) is 7.04. The van der Waals surface area contributed by atoms with E-state index in [2.05, 4.69) is 54.8 Å². The molecule has 0 aliphatic carbocycles. The van der Waals surface area contributed by atoms with E-state index in [1.165, 1.54) is 5.56 Å². The van der Waals surface area contributed by atoms with Gasteiger partial charge in [0.1, 0.15) is 17.6 Å². The first-order valence-corrected chi connectivity index (χ1v) is 7.04. The maximum atomic E-state index is 5.95. The Hall–Kier alpha value is -1.43. The van der Waals surface area contributed by atoms with Crippen LogP contribution in [0.3, 0.4) is 0 Å². The number of oxazole rings is 1. The fraction of sp³-hybridized carbons (Fsp3) is 0.294. The molecule has 0 atom stereocenters. The maximum Gasteiger partial charge on any atom is 0.233 e. The Kier molecular flexibility index (Phi) is 4.98. The summed E-state index contributed by atoms with van der Waals surface area (Å²) in [6.07, 6.45) is 5.28. The van der Waals surface area contributed by atoms with Crippen molar-refractivity contribution >= 4 is 11.1 Å². The van der Waals surface area contributed by atoms with Crippen LogP contribution in [0, 0.1) is 13.8 Å². The zero-order valence-electron chi connectivity index (χ0n) is 12.6. The smallest absolute Gasteiger partial charge is 0.233 e. The average Bonchev–Trinajstić information content (AvgIpc) is 2.83. The molecule has 0 fully saturated rings. The Morgan fingerprint density at radius 3 is 2.81 bits per heavy atom. The summed E-state index contributed by atoms with van der Waals surface area (Å²) in [4.78, 5) is 4.63. The van der Waals surface area contributed by atoms with Crippen molar-refractivity contribution in [2.24, 2.45) is 0 Å². The van der Waals surface area contributed by atoms with Crippen LogP contribution in [0.25, 0.3) is 22.6 Å². The molecule has 0 bridgehead atoms. The number of pyridine rings is 1. The van der Waals surface area contributed by atoms with Crippen LogP contribution in [0.2, 0.25) is 0 Å². The molecule has 0 unspecified atom stereocenters. The maximum absolute atomic E-state index is 5.95. The van der Waals surface area contributed by atoms with Gasteiger partial charge in [-0.25, -0.2) is 9.55 Å². The van der Waals surface area contributed by atoms with Crippen molar-refractivity contribution in [1.82, 2.24) is 4.98 Å². The molecule has 3 aromatic rings. The molecule has 0 N–H and O–H groups in total. The van der Waals surface area contributed by atoms with Gasteiger partial charge in [0.05, 0.1) is 0 Å². The Morgan fingerprint density at radius 1 is 1.24 bits per heavy atom. The fourth-order valence-electron chi connectivity index (χ4n) is 2.55. The SMILES string of the molecule is CCC[n+]1cccc(-c2nc3cc(C)cc(C)c3o2)c1.[I-]. The normalized spacial score (nSPS) is 10.6. The van der Waals surface area contributed by atoms with E-state index >= 15 is 0 Å². The van der Waals surface area contributed by atoms with Gasteiger partial charge in [-0.05, 0) is 37.1 Å². The van der Waals surface area contributed by atoms with Crippen molar-refractivity contribution < 1.29 is 33.0 Å². The van der Waals surface area contributed by atoms with Crippen molar-refractivity contribution in [3.8, 4) is 11.5 Å². The topological polar surface area (TPSA) is 29.9 Å². The number of hydrogen-bond donors (Lipinski definition) is 0. The van der Waals surface area contributed by atoms with Crippen LogP contribution in [0.15, 0.2) is 41.1 Å². The number of aromatic nitrogens is 2. The van der Waals surface area contributed by atoms with Crippen LogP contribution in [-0.2, 0) is 6.54 Å². The highest BCUT2D eigenvalue weighted by atomic mass is 127. The Labute approximate surface area is 142 Å². The average molecular weight is 394 g/mol. The summed E-state index contributed by atoms with van der Waals surface area (Å²) in [7, 11) is 0. The summed E-state index contributed by atoms with van der Waals surface area (Å²) in [6, 6.07) is 8.27. The minimum atomic E-state index is 0. The van der Waals surface area contributed by atoms with Crippen molar-refractivity contribution in [3.63, 3.8) is 0 Å². The van der Waals surface area contributed by atoms with Gasteiger partial charge in [-0.3, -0.25) is 0 Å². The molecule has 21 heavy (non-hydrogen) atoms. The zero-order valence-corrected chi connectivity index (χ0v) is 14.7. The van der Waals surface area contributed by atoms with Crippen molar-refractivity contribution in [1.29, 1.82) is 0 Å². The van der Waals surface area contributed by atoms with E-state index in [9.17, 15) is 0 Å². The first-order chi connectivity index (χ1) is 9.67. The van der Waals surface area contributed by atoms with E-state index in [0.29, 0.717) is 5.89 Å². The number of hydrogen-bond acceptors (Lipinski definition) is 2. The summed E-state index contributed by atoms with van der Waals surface area (Å²) < 4.78 is 8.12. The fourth-order valence-corrected chi connectivity index (χ4v) is 2.55. The molecular formula is C17H19IN2O. The number of halogens is 1. The second kappa shape index (κ2) is 6.56. The lowest BCUT2D eigenvalue weighted by Crippen LogP contribution is -3.00. The van der Waals surface area contributed by atoms with Crippen LogP contribution in [-0.4, -0.2) is 4.98 Å². The van der Waals surface area contributed by atoms with Crippen molar-refractivity contribution in [2.45, 2.75) is 33.7 Å². The molecule has 4 heteroatoms. The van der Waals surface area contributed by atoms with Gasteiger partial charge in [0.2, 0.25) is 5.89 Å². The third-order valence-electron chi connectivity index (χ3n) is 3.41. The van der Waals surface area contributed by atoms with Gasteiger partial charge in [-0.15, -0.1) is 0 Å². The molecular weight excluding hydrogens is 375 g/mol. The lowest BCUT2D eigenvalue weighted by Gasteiger charge is -1.96. The lowest BCUT2D eigenvalue weighted by molar-refractivity contribution is -0.696. The monoisotopic (exact) mass is 394 g/mol. The summed E-state index contributed by atoms with van der Waals surface area (Å²) in [5.41, 5.74) is 5.19. The molecule has 0 radical (unpaired) electrons. The van der Waals surface area contributed by atoms with E-state index in [1.54, 1.807) is 0 Å². The minimum absolute atomic E-state index is 0. The number of nitrogens with zero attached hydrogens (tertiary/aromatic N) is 2. The summed E-state index contributed by atoms with van der Waals surface area (Å²) in [5, 5.41) is 0. The summed E-state index contributed by atoms with van der Waals surface area (Å²) in [6.45, 7) is 7.32. The van der Waals surface area contributed by atoms with Gasteiger partial charge in [0, 0.05) is 12.5 Å². The van der Waals surface area contributed by atoms with E-state index in [0.717, 1.165) is 35.2 Å². The van der Waals surface area contributed by atoms with E-state index in [4.69, 9.17) is 4.42 Å². The molecule has 0 aliphatic heterocycles. The molecule has 0 saturated carbocycles. The molecule has 2 heterocycles. The predicted octanol–water partition coefficient (Wildman–Crippen LogP) is 0.813. The highest BCUT2D eigenvalue weighted by molar-refractivity contribution is 5.79. The van der Waals surface area contributed by atoms with Gasteiger partial charge >= 0.3 is 0 Å². The summed E-state index contributed by atoms with van der Waals surface area (Å²) >= 11 is 0. The van der Waals surface area contributed by atoms with Crippen molar-refractivity contribution in [3.05, 3.63) is 47.8 Å². The van der Waals surface area contributed by atoms with Crippen LogP contribution < -0.4 is 28.5 Å². The molecule has 0 saturated heterocycles. The van der Waals surface area contributed by atoms with E-state index in [-0.39, 0.29) is 24.0 Å². The summed E-state index contributed by atoms with van der Waals surface area (Å²) in [5.74, 6) is 0.694. The predicted molar refractivity (Wildman–Crippen MR) is 79.4 cm³/mol. The molecule has 3 nitrogen and oxygen atoms in total. The van der Waals surface area contributed by atoms with Crippen molar-refractivity contribution in [2.75, 3.05) is 0 Å². The van der Waals surface area contributed by atoms with E-state index in [1.807, 2.05) is 12.1 Å². The Morgan fingerprint density at radius 2 is 2.05 bits per heavy atom. The van der Waals surface area contributed by atoms with Crippen LogP contribution in [0.1, 0.15) is 24.5 Å². The van der Waals surface area contributed by atoms with E-state index < -0.39 is 0 Å². The first kappa shape index (κ1) is 15.9. The molecule has 1 aromatic carbocycles. The number of aryl methyl sites for hydroxylation is 3. The molecule has 0 aliphatic rings. The minimum Gasteiger partial charge on any atom is -1.00 e. The molecule has 110 valence electrons. The third-order valence-corrected chi connectivity index (χ3v) is 3.41. The molecule has 0 amide bonds. The number of fused-ring (bicyclic) bond motifs is 1. The number of rotatable bonds is 3. The molecule has 0 spiro atoms. The van der Waals surface area contributed by atoms with Gasteiger partial charge in [0.25, 0.3) is 0 Å². The Balaban J connectivity index is 0.00000161. The second-order valence-electron chi connectivity index (χ2n) is 5.28. The van der Waals surface area contributed by atoms with Gasteiger partial charge in [0.15, 0.2) is 18.0 Å². The highest BCUT2D eigenvalue weighted by Crippen LogP contribution is 2.26. The highest BCUT2D eigenvalue weighted by Gasteiger charge is 2.13. The van der Waals surface area contributed by atoms with Crippen LogP contribution in [0.5, 0.6) is 0 Å². The van der Waals surface area contributed by atoms with Gasteiger partial charge < -0.3 is 28.4 Å². The third kappa shape index (κ3) is 3.26. The quantitative estimate of drug-likeness (QED) is 0.486. The Bertz CT molecular complexity index is 765. The van der Waals surface area contributed by atoms with Crippen LogP contribution in [0.4, 0.5) is 0 Å². The van der Waals surface area contributed by atoms with Gasteiger partial charge in [-0.1, -0.05) is 13.0 Å².